The fraction of sp³-hybridized carbons (Fsp3) is 0.250. The van der Waals surface area contributed by atoms with Gasteiger partial charge in [-0.2, -0.15) is 0 Å². The predicted molar refractivity (Wildman–Crippen MR) is 19.5 cm³/mol. The summed E-state index contributed by atoms with van der Waals surface area (Å²) in [5, 5.41) is 0. The number of hydrogen-bond donors (Lipinski definition) is 0. The number of carbonyl (C=O) groups excluding carboxylic acids is 1. The Balaban J connectivity index is 0. The van der Waals surface area contributed by atoms with E-state index in [2.05, 4.69) is 12.3 Å². The van der Waals surface area contributed by atoms with E-state index in [-0.39, 0.29) is 23.2 Å². The van der Waals surface area contributed by atoms with Crippen molar-refractivity contribution in [2.45, 2.75) is 6.42 Å². The van der Waals surface area contributed by atoms with Gasteiger partial charge in [-0.25, -0.2) is 0 Å². The van der Waals surface area contributed by atoms with Crippen molar-refractivity contribution in [1.82, 2.24) is 0 Å². The molecule has 35 valence electrons. The second-order valence-electron chi connectivity index (χ2n) is 0.575. The molecule has 0 aromatic carbocycles. The van der Waals surface area contributed by atoms with Crippen LogP contribution in [0, 0.1) is 12.3 Å². The Kier molecular flexibility index (Phi) is 13.6. The van der Waals surface area contributed by atoms with E-state index in [0.717, 1.165) is 0 Å². The van der Waals surface area contributed by atoms with Gasteiger partial charge in [-0.05, 0) is 0 Å². The zero-order valence-corrected chi connectivity index (χ0v) is 4.14. The van der Waals surface area contributed by atoms with Gasteiger partial charge in [0, 0.05) is 16.8 Å². The van der Waals surface area contributed by atoms with Gasteiger partial charge in [0.2, 0.25) is 0 Å². The molecule has 1 nitrogen and oxygen atoms in total. The molecule has 0 saturated heterocycles. The van der Waals surface area contributed by atoms with Crippen LogP contribution in [0.1, 0.15) is 6.42 Å². The van der Waals surface area contributed by atoms with E-state index in [4.69, 9.17) is 0 Å². The van der Waals surface area contributed by atoms with E-state index in [9.17, 15) is 4.79 Å². The summed E-state index contributed by atoms with van der Waals surface area (Å²) in [5.41, 5.74) is 0. The van der Waals surface area contributed by atoms with Crippen molar-refractivity contribution in [2.24, 2.45) is 0 Å². The molecule has 0 aliphatic heterocycles. The normalized spacial score (nSPS) is 4.50. The number of aldehydes is 1. The summed E-state index contributed by atoms with van der Waals surface area (Å²) >= 11 is 0. The first-order valence-electron chi connectivity index (χ1n) is 1.29. The summed E-state index contributed by atoms with van der Waals surface area (Å²) < 4.78 is 0. The summed E-state index contributed by atoms with van der Waals surface area (Å²) in [5.74, 6) is 2.15. The molecule has 2 heteroatoms. The number of hydrogen-bond acceptors (Lipinski definition) is 1. The third-order valence-corrected chi connectivity index (χ3v) is 0.201. The van der Waals surface area contributed by atoms with Gasteiger partial charge in [-0.3, -0.25) is 0 Å². The molecule has 0 aromatic heterocycles. The van der Waals surface area contributed by atoms with Gasteiger partial charge < -0.3 is 4.79 Å². The topological polar surface area (TPSA) is 17.1 Å². The molecule has 0 spiro atoms. The minimum Gasteiger partial charge on any atom is -0.302 e. The monoisotopic (exact) mass is 127 g/mol. The summed E-state index contributed by atoms with van der Waals surface area (Å²) in [6.07, 6.45) is 5.59. The van der Waals surface area contributed by atoms with Crippen LogP contribution in [-0.4, -0.2) is 6.29 Å². The van der Waals surface area contributed by atoms with Crippen LogP contribution in [0.5, 0.6) is 0 Å². The zero-order valence-electron chi connectivity index (χ0n) is 3.10. The maximum absolute atomic E-state index is 9.26. The van der Waals surface area contributed by atoms with Crippen LogP contribution in [0.25, 0.3) is 0 Å². The third kappa shape index (κ3) is 9.28. The average Bonchev–Trinajstić information content (AvgIpc) is 1.41. The molecule has 0 aliphatic rings. The predicted octanol–water partition coefficient (Wildman–Crippen LogP) is 0.206. The third-order valence-electron chi connectivity index (χ3n) is 0.201. The molecule has 0 amide bonds. The number of rotatable bonds is 1. The molecule has 0 atom stereocenters. The average molecular weight is 127 g/mol. The standard InChI is InChI=1S/C4H4O.Co/c1-2-3-4-5;/h1,4H,3H2;. The van der Waals surface area contributed by atoms with Crippen LogP contribution in [-0.2, 0) is 21.6 Å². The van der Waals surface area contributed by atoms with E-state index in [0.29, 0.717) is 6.29 Å². The largest absolute Gasteiger partial charge is 0.302 e. The molecule has 0 unspecified atom stereocenters. The van der Waals surface area contributed by atoms with Gasteiger partial charge in [-0.15, -0.1) is 6.42 Å². The van der Waals surface area contributed by atoms with Crippen molar-refractivity contribution in [3.63, 3.8) is 0 Å². The van der Waals surface area contributed by atoms with Crippen LogP contribution in [0.2, 0.25) is 0 Å². The van der Waals surface area contributed by atoms with Crippen molar-refractivity contribution < 1.29 is 21.6 Å². The molecular weight excluding hydrogens is 123 g/mol. The van der Waals surface area contributed by atoms with Crippen molar-refractivity contribution in [1.29, 1.82) is 0 Å². The van der Waals surface area contributed by atoms with Crippen LogP contribution in [0.3, 0.4) is 0 Å². The SMILES string of the molecule is C#CCC=O.[Co]. The first-order valence-corrected chi connectivity index (χ1v) is 1.29. The van der Waals surface area contributed by atoms with Gasteiger partial charge in [-0.1, -0.05) is 5.92 Å². The van der Waals surface area contributed by atoms with Crippen LogP contribution in [0.15, 0.2) is 0 Å². The Morgan fingerprint density at radius 1 is 1.83 bits per heavy atom. The van der Waals surface area contributed by atoms with Gasteiger partial charge >= 0.3 is 0 Å². The van der Waals surface area contributed by atoms with Crippen molar-refractivity contribution in [3.05, 3.63) is 0 Å². The summed E-state index contributed by atoms with van der Waals surface area (Å²) in [6.45, 7) is 0. The molecule has 0 fully saturated rings. The fourth-order valence-corrected chi connectivity index (χ4v) is 0.0481. The van der Waals surface area contributed by atoms with E-state index in [1.54, 1.807) is 0 Å². The quantitative estimate of drug-likeness (QED) is 0.363. The Morgan fingerprint density at radius 3 is 2.33 bits per heavy atom. The molecule has 0 heterocycles. The minimum atomic E-state index is 0. The Bertz CT molecular complexity index is 62.4. The number of carbonyl (C=O) groups is 1. The summed E-state index contributed by atoms with van der Waals surface area (Å²) in [7, 11) is 0. The van der Waals surface area contributed by atoms with Gasteiger partial charge in [0.25, 0.3) is 0 Å². The molecule has 1 radical (unpaired) electrons. The van der Waals surface area contributed by atoms with E-state index >= 15 is 0 Å². The molecule has 0 saturated carbocycles. The smallest absolute Gasteiger partial charge is 0.131 e. The Hall–Kier alpha value is -0.264. The molecular formula is C4H4CoO. The Labute approximate surface area is 47.3 Å². The van der Waals surface area contributed by atoms with Gasteiger partial charge in [0.05, 0.1) is 6.42 Å². The van der Waals surface area contributed by atoms with Gasteiger partial charge in [0.15, 0.2) is 0 Å². The van der Waals surface area contributed by atoms with E-state index < -0.39 is 0 Å². The van der Waals surface area contributed by atoms with Crippen LogP contribution < -0.4 is 0 Å². The molecule has 0 rings (SSSR count). The molecule has 0 N–H and O–H groups in total. The second kappa shape index (κ2) is 8.83. The second-order valence-corrected chi connectivity index (χ2v) is 0.575. The first-order chi connectivity index (χ1) is 2.41. The molecule has 0 aliphatic carbocycles. The minimum absolute atomic E-state index is 0. The van der Waals surface area contributed by atoms with Crippen LogP contribution >= 0.6 is 0 Å². The van der Waals surface area contributed by atoms with Gasteiger partial charge in [0.1, 0.15) is 6.29 Å². The fourth-order valence-electron chi connectivity index (χ4n) is 0.0481. The maximum Gasteiger partial charge on any atom is 0.131 e. The summed E-state index contributed by atoms with van der Waals surface area (Å²) in [6, 6.07) is 0. The molecule has 6 heavy (non-hydrogen) atoms. The van der Waals surface area contributed by atoms with Crippen molar-refractivity contribution in [2.75, 3.05) is 0 Å². The van der Waals surface area contributed by atoms with E-state index in [1.165, 1.54) is 0 Å². The van der Waals surface area contributed by atoms with Crippen LogP contribution in [0.4, 0.5) is 0 Å². The first kappa shape index (κ1) is 9.22. The number of terminal acetylenes is 1. The zero-order chi connectivity index (χ0) is 4.12. The van der Waals surface area contributed by atoms with E-state index in [1.807, 2.05) is 0 Å². The maximum atomic E-state index is 9.26. The van der Waals surface area contributed by atoms with Crippen molar-refractivity contribution >= 4 is 6.29 Å². The molecule has 0 bridgehead atoms. The molecule has 0 aromatic rings. The summed E-state index contributed by atoms with van der Waals surface area (Å²) in [4.78, 5) is 9.26. The Morgan fingerprint density at radius 2 is 2.33 bits per heavy atom. The van der Waals surface area contributed by atoms with Crippen molar-refractivity contribution in [3.8, 4) is 12.3 Å².